The summed E-state index contributed by atoms with van der Waals surface area (Å²) in [6.07, 6.45) is 4.52. The van der Waals surface area contributed by atoms with E-state index in [9.17, 15) is 0 Å². The Morgan fingerprint density at radius 1 is 1.29 bits per heavy atom. The minimum absolute atomic E-state index is 0.337. The summed E-state index contributed by atoms with van der Waals surface area (Å²) < 4.78 is 0. The van der Waals surface area contributed by atoms with Crippen molar-refractivity contribution in [1.82, 2.24) is 0 Å². The molecule has 0 aromatic heterocycles. The number of anilines is 2. The van der Waals surface area contributed by atoms with E-state index in [1.807, 2.05) is 12.1 Å². The number of nitrogens with one attached hydrogen (secondary N) is 1. The Balaban J connectivity index is 1.95. The third-order valence-corrected chi connectivity index (χ3v) is 3.84. The summed E-state index contributed by atoms with van der Waals surface area (Å²) >= 11 is 0. The van der Waals surface area contributed by atoms with Crippen molar-refractivity contribution in [2.24, 2.45) is 5.92 Å². The third-order valence-electron chi connectivity index (χ3n) is 3.84. The lowest BCUT2D eigenvalue weighted by atomic mass is 9.86. The number of nitrogens with two attached hydrogens (primary N) is 1. The molecule has 3 nitrogen and oxygen atoms in total. The van der Waals surface area contributed by atoms with Crippen LogP contribution >= 0.6 is 0 Å². The third kappa shape index (κ3) is 2.91. The van der Waals surface area contributed by atoms with Crippen molar-refractivity contribution in [3.8, 4) is 0 Å². The van der Waals surface area contributed by atoms with Gasteiger partial charge in [-0.2, -0.15) is 0 Å². The molecule has 0 unspecified atom stereocenters. The molecule has 0 radical (unpaired) electrons. The van der Waals surface area contributed by atoms with E-state index in [1.54, 1.807) is 0 Å². The highest BCUT2D eigenvalue weighted by Crippen LogP contribution is 2.28. The summed E-state index contributed by atoms with van der Waals surface area (Å²) in [5.74, 6) is 0.509. The van der Waals surface area contributed by atoms with Gasteiger partial charge in [-0.3, -0.25) is 0 Å². The van der Waals surface area contributed by atoms with Gasteiger partial charge in [0.25, 0.3) is 0 Å². The minimum atomic E-state index is 0.337. The zero-order chi connectivity index (χ0) is 12.3. The van der Waals surface area contributed by atoms with Crippen LogP contribution in [0.2, 0.25) is 0 Å². The maximum atomic E-state index is 9.11. The van der Waals surface area contributed by atoms with E-state index in [2.05, 4.69) is 18.3 Å². The summed E-state index contributed by atoms with van der Waals surface area (Å²) in [5, 5.41) is 12.7. The highest BCUT2D eigenvalue weighted by Gasteiger charge is 2.20. The first-order valence-corrected chi connectivity index (χ1v) is 6.43. The summed E-state index contributed by atoms with van der Waals surface area (Å²) in [6.45, 7) is 2.39. The van der Waals surface area contributed by atoms with Crippen molar-refractivity contribution >= 4 is 11.4 Å². The molecule has 0 saturated heterocycles. The van der Waals surface area contributed by atoms with Crippen LogP contribution in [-0.4, -0.2) is 17.8 Å². The Morgan fingerprint density at radius 3 is 2.65 bits per heavy atom. The molecular weight excluding hydrogens is 212 g/mol. The van der Waals surface area contributed by atoms with Gasteiger partial charge >= 0.3 is 0 Å². The van der Waals surface area contributed by atoms with Crippen molar-refractivity contribution in [1.29, 1.82) is 0 Å². The molecule has 0 bridgehead atoms. The van der Waals surface area contributed by atoms with Gasteiger partial charge in [0.2, 0.25) is 0 Å². The lowest BCUT2D eigenvalue weighted by molar-refractivity contribution is 0.186. The Kier molecular flexibility index (Phi) is 3.89. The lowest BCUT2D eigenvalue weighted by Crippen LogP contribution is -2.27. The quantitative estimate of drug-likeness (QED) is 0.704. The first kappa shape index (κ1) is 12.2. The predicted octanol–water partition coefficient (Wildman–Crippen LogP) is 2.54. The fourth-order valence-electron chi connectivity index (χ4n) is 2.52. The maximum absolute atomic E-state index is 9.11. The highest BCUT2D eigenvalue weighted by atomic mass is 16.3. The second-order valence-electron chi connectivity index (χ2n) is 5.06. The number of hydrogen-bond donors (Lipinski definition) is 3. The van der Waals surface area contributed by atoms with Crippen LogP contribution in [0.1, 0.15) is 31.2 Å². The van der Waals surface area contributed by atoms with Crippen LogP contribution in [0, 0.1) is 12.8 Å². The van der Waals surface area contributed by atoms with Crippen LogP contribution in [0.15, 0.2) is 18.2 Å². The van der Waals surface area contributed by atoms with Crippen molar-refractivity contribution in [3.05, 3.63) is 23.8 Å². The molecule has 1 aliphatic rings. The maximum Gasteiger partial charge on any atom is 0.0459 e. The van der Waals surface area contributed by atoms with Crippen molar-refractivity contribution in [2.45, 2.75) is 38.6 Å². The SMILES string of the molecule is Cc1c(N)cccc1NC1CCC(CO)CC1. The Labute approximate surface area is 103 Å². The fraction of sp³-hybridized carbons (Fsp3) is 0.571. The zero-order valence-electron chi connectivity index (χ0n) is 10.4. The van der Waals surface area contributed by atoms with E-state index in [1.165, 1.54) is 0 Å². The molecule has 1 saturated carbocycles. The van der Waals surface area contributed by atoms with Crippen LogP contribution in [-0.2, 0) is 0 Å². The predicted molar refractivity (Wildman–Crippen MR) is 72.0 cm³/mol. The number of hydrogen-bond acceptors (Lipinski definition) is 3. The van der Waals surface area contributed by atoms with Gasteiger partial charge in [0, 0.05) is 24.0 Å². The van der Waals surface area contributed by atoms with E-state index in [-0.39, 0.29) is 0 Å². The summed E-state index contributed by atoms with van der Waals surface area (Å²) in [4.78, 5) is 0. The molecule has 0 atom stereocenters. The van der Waals surface area contributed by atoms with E-state index < -0.39 is 0 Å². The second kappa shape index (κ2) is 5.41. The van der Waals surface area contributed by atoms with Gasteiger partial charge in [-0.25, -0.2) is 0 Å². The van der Waals surface area contributed by atoms with E-state index in [4.69, 9.17) is 10.8 Å². The fourth-order valence-corrected chi connectivity index (χ4v) is 2.52. The largest absolute Gasteiger partial charge is 0.398 e. The topological polar surface area (TPSA) is 58.3 Å². The van der Waals surface area contributed by atoms with Gasteiger partial charge < -0.3 is 16.2 Å². The van der Waals surface area contributed by atoms with Gasteiger partial charge in [0.15, 0.2) is 0 Å². The van der Waals surface area contributed by atoms with Crippen LogP contribution in [0.3, 0.4) is 0 Å². The normalized spacial score (nSPS) is 24.6. The molecule has 0 heterocycles. The summed E-state index contributed by atoms with van der Waals surface area (Å²) in [7, 11) is 0. The molecule has 3 heteroatoms. The Morgan fingerprint density at radius 2 is 2.00 bits per heavy atom. The number of benzene rings is 1. The number of rotatable bonds is 3. The lowest BCUT2D eigenvalue weighted by Gasteiger charge is -2.29. The average molecular weight is 234 g/mol. The molecule has 1 fully saturated rings. The molecule has 1 aromatic carbocycles. The van der Waals surface area contributed by atoms with E-state index in [0.29, 0.717) is 18.6 Å². The van der Waals surface area contributed by atoms with Gasteiger partial charge in [0.05, 0.1) is 0 Å². The van der Waals surface area contributed by atoms with Gasteiger partial charge in [-0.05, 0) is 56.2 Å². The number of aliphatic hydroxyl groups is 1. The van der Waals surface area contributed by atoms with Crippen LogP contribution in [0.4, 0.5) is 11.4 Å². The second-order valence-corrected chi connectivity index (χ2v) is 5.06. The van der Waals surface area contributed by atoms with Crippen LogP contribution in [0.5, 0.6) is 0 Å². The highest BCUT2D eigenvalue weighted by molar-refractivity contribution is 5.63. The average Bonchev–Trinajstić information content (AvgIpc) is 2.36. The molecule has 17 heavy (non-hydrogen) atoms. The van der Waals surface area contributed by atoms with Crippen molar-refractivity contribution in [2.75, 3.05) is 17.7 Å². The monoisotopic (exact) mass is 234 g/mol. The summed E-state index contributed by atoms with van der Waals surface area (Å²) in [5.41, 5.74) is 9.03. The minimum Gasteiger partial charge on any atom is -0.398 e. The molecule has 94 valence electrons. The number of nitrogen functional groups attached to an aromatic ring is 1. The van der Waals surface area contributed by atoms with Crippen molar-refractivity contribution < 1.29 is 5.11 Å². The van der Waals surface area contributed by atoms with E-state index >= 15 is 0 Å². The molecule has 0 aliphatic heterocycles. The molecule has 1 aromatic rings. The van der Waals surface area contributed by atoms with E-state index in [0.717, 1.165) is 42.6 Å². The van der Waals surface area contributed by atoms with Gasteiger partial charge in [0.1, 0.15) is 0 Å². The zero-order valence-corrected chi connectivity index (χ0v) is 10.4. The number of aliphatic hydroxyl groups excluding tert-OH is 1. The first-order valence-electron chi connectivity index (χ1n) is 6.43. The molecule has 1 aliphatic carbocycles. The molecule has 0 spiro atoms. The Bertz CT molecular complexity index is 370. The van der Waals surface area contributed by atoms with Gasteiger partial charge in [-0.1, -0.05) is 6.07 Å². The smallest absolute Gasteiger partial charge is 0.0459 e. The Hall–Kier alpha value is -1.22. The molecule has 4 N–H and O–H groups in total. The molecule has 2 rings (SSSR count). The van der Waals surface area contributed by atoms with Crippen LogP contribution < -0.4 is 11.1 Å². The standard InChI is InChI=1S/C14H22N2O/c1-10-13(15)3-2-4-14(10)16-12-7-5-11(9-17)6-8-12/h2-4,11-12,16-17H,5-9,15H2,1H3. The molecule has 0 amide bonds. The first-order chi connectivity index (χ1) is 8.20. The molecular formula is C14H22N2O. The van der Waals surface area contributed by atoms with Gasteiger partial charge in [-0.15, -0.1) is 0 Å². The van der Waals surface area contributed by atoms with Crippen LogP contribution in [0.25, 0.3) is 0 Å². The van der Waals surface area contributed by atoms with Crippen molar-refractivity contribution in [3.63, 3.8) is 0 Å². The summed E-state index contributed by atoms with van der Waals surface area (Å²) in [6, 6.07) is 6.54.